The second kappa shape index (κ2) is 5.76. The molecule has 0 aromatic carbocycles. The van der Waals surface area contributed by atoms with Crippen LogP contribution in [0.3, 0.4) is 0 Å². The Hall–Kier alpha value is -0.810. The summed E-state index contributed by atoms with van der Waals surface area (Å²) in [6.45, 7) is 15.2. The Balaban J connectivity index is 1.96. The van der Waals surface area contributed by atoms with Gasteiger partial charge in [-0.1, -0.05) is 13.8 Å². The lowest BCUT2D eigenvalue weighted by Gasteiger charge is -2.51. The molecule has 1 aliphatic carbocycles. The molecular weight excluding hydrogens is 266 g/mol. The minimum absolute atomic E-state index is 0.0375. The van der Waals surface area contributed by atoms with Gasteiger partial charge in [0.2, 0.25) is 0 Å². The maximum atomic E-state index is 6.19. The van der Waals surface area contributed by atoms with Crippen molar-refractivity contribution in [1.29, 1.82) is 0 Å². The largest absolute Gasteiger partial charge is 0.375 e. The van der Waals surface area contributed by atoms with Crippen LogP contribution in [0.2, 0.25) is 0 Å². The quantitative estimate of drug-likeness (QED) is 0.625. The van der Waals surface area contributed by atoms with Gasteiger partial charge in [-0.15, -0.1) is 0 Å². The number of nitrogens with zero attached hydrogens (tertiary/aromatic N) is 2. The smallest absolute Gasteiger partial charge is 0.191 e. The molecule has 0 radical (unpaired) electrons. The Morgan fingerprint density at radius 3 is 2.57 bits per heavy atom. The van der Waals surface area contributed by atoms with Crippen LogP contribution in [-0.2, 0) is 9.47 Å². The number of rotatable bonds is 2. The molecule has 0 amide bonds. The molecule has 3 atom stereocenters. The van der Waals surface area contributed by atoms with E-state index in [-0.39, 0.29) is 29.3 Å². The van der Waals surface area contributed by atoms with Gasteiger partial charge in [-0.05, 0) is 34.1 Å². The molecule has 2 rings (SSSR count). The summed E-state index contributed by atoms with van der Waals surface area (Å²) < 4.78 is 11.7. The third kappa shape index (κ3) is 3.89. The maximum absolute atomic E-state index is 6.19. The third-order valence-corrected chi connectivity index (χ3v) is 4.47. The third-order valence-electron chi connectivity index (χ3n) is 4.47. The predicted molar refractivity (Wildman–Crippen MR) is 85.4 cm³/mol. The molecule has 2 fully saturated rings. The average Bonchev–Trinajstić information content (AvgIpc) is 2.36. The summed E-state index contributed by atoms with van der Waals surface area (Å²) >= 11 is 0. The fourth-order valence-corrected chi connectivity index (χ4v) is 2.98. The summed E-state index contributed by atoms with van der Waals surface area (Å²) in [7, 11) is 0. The van der Waals surface area contributed by atoms with Crippen LogP contribution in [0.4, 0.5) is 0 Å². The first-order chi connectivity index (χ1) is 9.59. The summed E-state index contributed by atoms with van der Waals surface area (Å²) in [5, 5.41) is 0. The van der Waals surface area contributed by atoms with Crippen LogP contribution in [0.25, 0.3) is 0 Å². The van der Waals surface area contributed by atoms with E-state index in [1.54, 1.807) is 0 Å². The Morgan fingerprint density at radius 1 is 1.38 bits per heavy atom. The van der Waals surface area contributed by atoms with E-state index in [4.69, 9.17) is 20.2 Å². The molecule has 5 nitrogen and oxygen atoms in total. The summed E-state index contributed by atoms with van der Waals surface area (Å²) in [4.78, 5) is 6.89. The lowest BCUT2D eigenvalue weighted by atomic mass is 9.64. The number of morpholine rings is 1. The van der Waals surface area contributed by atoms with E-state index in [0.29, 0.717) is 5.96 Å². The highest BCUT2D eigenvalue weighted by Crippen LogP contribution is 2.46. The van der Waals surface area contributed by atoms with Gasteiger partial charge in [0.05, 0.1) is 30.5 Å². The van der Waals surface area contributed by atoms with E-state index in [0.717, 1.165) is 26.1 Å². The van der Waals surface area contributed by atoms with E-state index in [9.17, 15) is 0 Å². The second-order valence-electron chi connectivity index (χ2n) is 7.91. The standard InChI is InChI=1S/C16H31N3O2/c1-11-10-19(7-8-20-11)14(17)18-12-9-13(16(12,5)6)21-15(2,3)4/h11-13H,7-10H2,1-6H3,(H2,17,18)/t11?,12-,13+/m1/s1. The first-order valence-electron chi connectivity index (χ1n) is 7.97. The van der Waals surface area contributed by atoms with Crippen molar-refractivity contribution in [3.63, 3.8) is 0 Å². The molecule has 1 unspecified atom stereocenters. The van der Waals surface area contributed by atoms with Gasteiger partial charge >= 0.3 is 0 Å². The van der Waals surface area contributed by atoms with Crippen molar-refractivity contribution in [2.75, 3.05) is 19.7 Å². The van der Waals surface area contributed by atoms with E-state index >= 15 is 0 Å². The summed E-state index contributed by atoms with van der Waals surface area (Å²) in [6.07, 6.45) is 1.42. The molecule has 0 aromatic rings. The Bertz CT molecular complexity index is 401. The number of ether oxygens (including phenoxy) is 2. The molecule has 122 valence electrons. The molecule has 1 heterocycles. The molecule has 0 bridgehead atoms. The van der Waals surface area contributed by atoms with Crippen molar-refractivity contribution in [1.82, 2.24) is 4.90 Å². The molecule has 2 N–H and O–H groups in total. The molecule has 1 saturated carbocycles. The summed E-state index contributed by atoms with van der Waals surface area (Å²) in [5.74, 6) is 0.650. The topological polar surface area (TPSA) is 60.1 Å². The van der Waals surface area contributed by atoms with E-state index in [1.165, 1.54) is 0 Å². The molecule has 0 aromatic heterocycles. The van der Waals surface area contributed by atoms with Crippen LogP contribution in [0.15, 0.2) is 4.99 Å². The van der Waals surface area contributed by atoms with Crippen molar-refractivity contribution in [2.45, 2.75) is 71.8 Å². The molecule has 2 aliphatic rings. The Morgan fingerprint density at radius 2 is 2.05 bits per heavy atom. The van der Waals surface area contributed by atoms with E-state index < -0.39 is 0 Å². The van der Waals surface area contributed by atoms with Gasteiger partial charge < -0.3 is 20.1 Å². The van der Waals surface area contributed by atoms with Crippen molar-refractivity contribution in [2.24, 2.45) is 16.1 Å². The lowest BCUT2D eigenvalue weighted by Crippen LogP contribution is -2.57. The van der Waals surface area contributed by atoms with Crippen molar-refractivity contribution >= 4 is 5.96 Å². The highest BCUT2D eigenvalue weighted by atomic mass is 16.5. The van der Waals surface area contributed by atoms with Crippen LogP contribution in [0, 0.1) is 5.41 Å². The molecule has 21 heavy (non-hydrogen) atoms. The minimum atomic E-state index is -0.109. The van der Waals surface area contributed by atoms with Crippen LogP contribution >= 0.6 is 0 Å². The zero-order valence-electron chi connectivity index (χ0n) is 14.3. The highest BCUT2D eigenvalue weighted by Gasteiger charge is 2.50. The molecule has 5 heteroatoms. The van der Waals surface area contributed by atoms with Crippen molar-refractivity contribution < 1.29 is 9.47 Å². The minimum Gasteiger partial charge on any atom is -0.375 e. The van der Waals surface area contributed by atoms with Crippen molar-refractivity contribution in [3.8, 4) is 0 Å². The number of hydrogen-bond acceptors (Lipinski definition) is 3. The van der Waals surface area contributed by atoms with Gasteiger partial charge in [-0.2, -0.15) is 0 Å². The fourth-order valence-electron chi connectivity index (χ4n) is 2.98. The van der Waals surface area contributed by atoms with E-state index in [2.05, 4.69) is 46.4 Å². The molecule has 1 aliphatic heterocycles. The Labute approximate surface area is 128 Å². The fraction of sp³-hybridized carbons (Fsp3) is 0.938. The monoisotopic (exact) mass is 297 g/mol. The van der Waals surface area contributed by atoms with Crippen molar-refractivity contribution in [3.05, 3.63) is 0 Å². The number of aliphatic imine (C=N–C) groups is 1. The number of hydrogen-bond donors (Lipinski definition) is 1. The maximum Gasteiger partial charge on any atom is 0.191 e. The molecular formula is C16H31N3O2. The van der Waals surface area contributed by atoms with E-state index in [1.807, 2.05) is 0 Å². The summed E-state index contributed by atoms with van der Waals surface area (Å²) in [6, 6.07) is 0.239. The first-order valence-corrected chi connectivity index (χ1v) is 7.97. The van der Waals surface area contributed by atoms with Crippen LogP contribution < -0.4 is 5.73 Å². The first kappa shape index (κ1) is 16.6. The van der Waals surface area contributed by atoms with Gasteiger partial charge in [-0.25, -0.2) is 4.99 Å². The van der Waals surface area contributed by atoms with Gasteiger partial charge in [-0.3, -0.25) is 0 Å². The number of guanidine groups is 1. The number of nitrogens with two attached hydrogens (primary N) is 1. The Kier molecular flexibility index (Phi) is 4.54. The van der Waals surface area contributed by atoms with Gasteiger partial charge in [0.25, 0.3) is 0 Å². The van der Waals surface area contributed by atoms with Gasteiger partial charge in [0.15, 0.2) is 5.96 Å². The normalized spacial score (nSPS) is 33.7. The average molecular weight is 297 g/mol. The highest BCUT2D eigenvalue weighted by molar-refractivity contribution is 5.78. The van der Waals surface area contributed by atoms with Gasteiger partial charge in [0.1, 0.15) is 0 Å². The van der Waals surface area contributed by atoms with Crippen LogP contribution in [-0.4, -0.2) is 54.4 Å². The second-order valence-corrected chi connectivity index (χ2v) is 7.91. The summed E-state index contributed by atoms with van der Waals surface area (Å²) in [5.41, 5.74) is 6.12. The SMILES string of the molecule is CC1CN(C(N)=N[C@@H]2C[C@H](OC(C)(C)C)C2(C)C)CCO1. The molecule has 0 spiro atoms. The lowest BCUT2D eigenvalue weighted by molar-refractivity contribution is -0.166. The molecule has 1 saturated heterocycles. The van der Waals surface area contributed by atoms with Crippen LogP contribution in [0.1, 0.15) is 48.0 Å². The zero-order valence-corrected chi connectivity index (χ0v) is 14.3. The van der Waals surface area contributed by atoms with Gasteiger partial charge in [0, 0.05) is 18.5 Å². The zero-order chi connectivity index (χ0) is 15.8. The predicted octanol–water partition coefficient (Wildman–Crippen LogP) is 2.00. The van der Waals surface area contributed by atoms with Crippen LogP contribution in [0.5, 0.6) is 0 Å².